The predicted octanol–water partition coefficient (Wildman–Crippen LogP) is 0.949. The largest absolute Gasteiger partial charge is 0.358 e. The van der Waals surface area contributed by atoms with Crippen LogP contribution in [0.5, 0.6) is 0 Å². The van der Waals surface area contributed by atoms with Crippen molar-refractivity contribution in [2.75, 3.05) is 0 Å². The third-order valence-electron chi connectivity index (χ3n) is 0.762. The molecule has 0 radical (unpaired) electrons. The van der Waals surface area contributed by atoms with E-state index in [0.717, 1.165) is 0 Å². The van der Waals surface area contributed by atoms with Crippen molar-refractivity contribution in [2.24, 2.45) is 0 Å². The number of rotatable bonds is 2. The molecule has 0 bridgehead atoms. The van der Waals surface area contributed by atoms with Crippen molar-refractivity contribution >= 4 is 12.8 Å². The highest BCUT2D eigenvalue weighted by molar-refractivity contribution is 7.78. The Kier molecular flexibility index (Phi) is 3.08. The van der Waals surface area contributed by atoms with E-state index in [4.69, 9.17) is 0 Å². The summed E-state index contributed by atoms with van der Waals surface area (Å²) in [6.45, 7) is 3.28. The molecule has 5 heteroatoms. The van der Waals surface area contributed by atoms with Gasteiger partial charge in [0.25, 0.3) is 0 Å². The number of nitro groups is 1. The SMILES string of the molecule is CC(C)=C(NS)[N+](=O)[O-]. The maximum absolute atomic E-state index is 10.0. The van der Waals surface area contributed by atoms with E-state index in [1.165, 1.54) is 0 Å². The topological polar surface area (TPSA) is 55.2 Å². The Labute approximate surface area is 58.6 Å². The van der Waals surface area contributed by atoms with Crippen LogP contribution in [0.25, 0.3) is 0 Å². The van der Waals surface area contributed by atoms with Crippen molar-refractivity contribution in [3.8, 4) is 0 Å². The number of thiol groups is 1. The first-order valence-corrected chi connectivity index (χ1v) is 2.76. The molecule has 0 unspecified atom stereocenters. The fourth-order valence-corrected chi connectivity index (χ4v) is 0.640. The Morgan fingerprint density at radius 1 is 1.67 bits per heavy atom. The van der Waals surface area contributed by atoms with Crippen molar-refractivity contribution in [3.05, 3.63) is 21.5 Å². The fourth-order valence-electron chi connectivity index (χ4n) is 0.335. The van der Waals surface area contributed by atoms with Gasteiger partial charge in [-0.2, -0.15) is 0 Å². The van der Waals surface area contributed by atoms with E-state index >= 15 is 0 Å². The van der Waals surface area contributed by atoms with Gasteiger partial charge in [0, 0.05) is 18.4 Å². The lowest BCUT2D eigenvalue weighted by Crippen LogP contribution is -2.11. The van der Waals surface area contributed by atoms with Crippen molar-refractivity contribution < 1.29 is 4.92 Å². The molecule has 0 saturated heterocycles. The summed E-state index contributed by atoms with van der Waals surface area (Å²) in [6.07, 6.45) is 0. The van der Waals surface area contributed by atoms with Crippen LogP contribution in [-0.4, -0.2) is 4.92 Å². The van der Waals surface area contributed by atoms with Crippen LogP contribution in [-0.2, 0) is 0 Å². The maximum Gasteiger partial charge on any atom is 0.325 e. The zero-order valence-corrected chi connectivity index (χ0v) is 6.11. The lowest BCUT2D eigenvalue weighted by atomic mass is 10.4. The molecule has 1 N–H and O–H groups in total. The minimum Gasteiger partial charge on any atom is -0.358 e. The Bertz CT molecular complexity index is 151. The molecular weight excluding hydrogens is 140 g/mol. The second kappa shape index (κ2) is 3.34. The zero-order valence-electron chi connectivity index (χ0n) is 5.21. The molecule has 0 aromatic rings. The van der Waals surface area contributed by atoms with Gasteiger partial charge in [0.1, 0.15) is 0 Å². The first-order valence-electron chi connectivity index (χ1n) is 2.31. The van der Waals surface area contributed by atoms with Crippen LogP contribution in [0.2, 0.25) is 0 Å². The summed E-state index contributed by atoms with van der Waals surface area (Å²) < 4.78 is 2.18. The van der Waals surface area contributed by atoms with Gasteiger partial charge in [0.05, 0.1) is 0 Å². The van der Waals surface area contributed by atoms with Crippen LogP contribution >= 0.6 is 12.8 Å². The monoisotopic (exact) mass is 148 g/mol. The van der Waals surface area contributed by atoms with Crippen LogP contribution < -0.4 is 4.72 Å². The maximum atomic E-state index is 10.0. The van der Waals surface area contributed by atoms with Crippen molar-refractivity contribution in [1.82, 2.24) is 4.72 Å². The highest BCUT2D eigenvalue weighted by atomic mass is 32.1. The molecule has 0 fully saturated rings. The lowest BCUT2D eigenvalue weighted by Gasteiger charge is -1.97. The van der Waals surface area contributed by atoms with Gasteiger partial charge in [-0.15, -0.1) is 0 Å². The molecule has 0 saturated carbocycles. The van der Waals surface area contributed by atoms with Gasteiger partial charge in [-0.25, -0.2) is 4.72 Å². The standard InChI is InChI=1S/C4H8N2O2S/c1-3(2)4(5-9)6(7)8/h5,9H,1-2H3. The quantitative estimate of drug-likeness (QED) is 0.348. The number of nitrogens with one attached hydrogen (secondary N) is 1. The summed E-state index contributed by atoms with van der Waals surface area (Å²) in [7, 11) is 0. The molecule has 0 rings (SSSR count). The van der Waals surface area contributed by atoms with Crippen molar-refractivity contribution in [3.63, 3.8) is 0 Å². The first-order chi connectivity index (χ1) is 4.09. The number of hydrogen-bond donors (Lipinski definition) is 2. The lowest BCUT2D eigenvalue weighted by molar-refractivity contribution is -0.430. The molecule has 4 nitrogen and oxygen atoms in total. The van der Waals surface area contributed by atoms with Crippen LogP contribution in [0.4, 0.5) is 0 Å². The fraction of sp³-hybridized carbons (Fsp3) is 0.500. The molecule has 0 heterocycles. The molecule has 9 heavy (non-hydrogen) atoms. The van der Waals surface area contributed by atoms with Crippen molar-refractivity contribution in [1.29, 1.82) is 0 Å². The van der Waals surface area contributed by atoms with E-state index in [-0.39, 0.29) is 5.82 Å². The summed E-state index contributed by atoms with van der Waals surface area (Å²) in [6, 6.07) is 0. The van der Waals surface area contributed by atoms with Crippen LogP contribution in [0, 0.1) is 10.1 Å². The van der Waals surface area contributed by atoms with Gasteiger partial charge in [-0.05, 0) is 18.8 Å². The van der Waals surface area contributed by atoms with E-state index in [1.807, 2.05) is 0 Å². The van der Waals surface area contributed by atoms with Crippen LogP contribution in [0.3, 0.4) is 0 Å². The van der Waals surface area contributed by atoms with Crippen LogP contribution in [0.15, 0.2) is 11.4 Å². The van der Waals surface area contributed by atoms with Gasteiger partial charge < -0.3 is 10.1 Å². The molecule has 0 aromatic carbocycles. The normalized spacial score (nSPS) is 8.33. The molecular formula is C4H8N2O2S. The summed E-state index contributed by atoms with van der Waals surface area (Å²) in [5, 5.41) is 10.0. The molecule has 52 valence electrons. The number of nitrogens with zero attached hydrogens (tertiary/aromatic N) is 1. The molecule has 0 aliphatic heterocycles. The highest BCUT2D eigenvalue weighted by Gasteiger charge is 2.05. The molecule has 0 aliphatic rings. The van der Waals surface area contributed by atoms with Crippen molar-refractivity contribution in [2.45, 2.75) is 13.8 Å². The molecule has 0 amide bonds. The van der Waals surface area contributed by atoms with E-state index in [2.05, 4.69) is 17.5 Å². The predicted molar refractivity (Wildman–Crippen MR) is 37.5 cm³/mol. The van der Waals surface area contributed by atoms with Gasteiger partial charge in [0.15, 0.2) is 0 Å². The van der Waals surface area contributed by atoms with E-state index in [9.17, 15) is 10.1 Å². The average molecular weight is 148 g/mol. The van der Waals surface area contributed by atoms with Gasteiger partial charge in [-0.1, -0.05) is 0 Å². The number of allylic oxidation sites excluding steroid dienone is 1. The Balaban J connectivity index is 4.35. The minimum atomic E-state index is -0.512. The molecule has 0 spiro atoms. The third-order valence-corrected chi connectivity index (χ3v) is 0.974. The second-order valence-electron chi connectivity index (χ2n) is 1.72. The summed E-state index contributed by atoms with van der Waals surface area (Å²) >= 11 is 3.54. The summed E-state index contributed by atoms with van der Waals surface area (Å²) in [4.78, 5) is 9.50. The average Bonchev–Trinajstić information content (AvgIpc) is 1.64. The first kappa shape index (κ1) is 8.29. The van der Waals surface area contributed by atoms with Gasteiger partial charge in [-0.3, -0.25) is 0 Å². The zero-order chi connectivity index (χ0) is 7.44. The van der Waals surface area contributed by atoms with E-state index in [1.54, 1.807) is 13.8 Å². The third kappa shape index (κ3) is 2.36. The Morgan fingerprint density at radius 2 is 2.11 bits per heavy atom. The van der Waals surface area contributed by atoms with Crippen LogP contribution in [0.1, 0.15) is 13.8 Å². The summed E-state index contributed by atoms with van der Waals surface area (Å²) in [5.41, 5.74) is 0.606. The van der Waals surface area contributed by atoms with Gasteiger partial charge in [0.2, 0.25) is 0 Å². The van der Waals surface area contributed by atoms with Gasteiger partial charge >= 0.3 is 5.82 Å². The highest BCUT2D eigenvalue weighted by Crippen LogP contribution is 1.99. The Hall–Kier alpha value is -0.710. The Morgan fingerprint density at radius 3 is 2.11 bits per heavy atom. The van der Waals surface area contributed by atoms with E-state index in [0.29, 0.717) is 5.57 Å². The van der Waals surface area contributed by atoms with E-state index < -0.39 is 4.92 Å². The smallest absolute Gasteiger partial charge is 0.325 e. The molecule has 0 aromatic heterocycles. The summed E-state index contributed by atoms with van der Waals surface area (Å²) in [5.74, 6) is -0.0571. The molecule has 0 aliphatic carbocycles. The molecule has 0 atom stereocenters. The second-order valence-corrected chi connectivity index (χ2v) is 1.94. The minimum absolute atomic E-state index is 0.0571. The number of hydrogen-bond acceptors (Lipinski definition) is 4.